The van der Waals surface area contributed by atoms with Gasteiger partial charge in [-0.25, -0.2) is 0 Å². The van der Waals surface area contributed by atoms with Crippen molar-refractivity contribution in [2.75, 3.05) is 13.2 Å². The molecule has 1 saturated heterocycles. The quantitative estimate of drug-likeness (QED) is 0.602. The summed E-state index contributed by atoms with van der Waals surface area (Å²) in [6, 6.07) is 0. The van der Waals surface area contributed by atoms with Crippen molar-refractivity contribution in [1.82, 2.24) is 0 Å². The minimum absolute atomic E-state index is 0.0167. The smallest absolute Gasteiger partial charge is 0.104 e. The molecule has 0 aromatic heterocycles. The molecule has 0 aromatic rings. The van der Waals surface area contributed by atoms with Crippen LogP contribution in [0.3, 0.4) is 0 Å². The maximum absolute atomic E-state index is 10.1. The predicted octanol–water partition coefficient (Wildman–Crippen LogP) is 0.772. The first-order chi connectivity index (χ1) is 8.22. The summed E-state index contributed by atoms with van der Waals surface area (Å²) in [5.74, 6) is 0. The van der Waals surface area contributed by atoms with Crippen LogP contribution < -0.4 is 0 Å². The Morgan fingerprint density at radius 2 is 2.18 bits per heavy atom. The minimum atomic E-state index is -0.793. The van der Waals surface area contributed by atoms with Gasteiger partial charge in [-0.05, 0) is 24.8 Å². The first kappa shape index (κ1) is 14.4. The van der Waals surface area contributed by atoms with Crippen molar-refractivity contribution >= 4 is 0 Å². The first-order valence-corrected chi connectivity index (χ1v) is 6.13. The van der Waals surface area contributed by atoms with Gasteiger partial charge in [0.2, 0.25) is 0 Å². The molecule has 1 rings (SSSR count). The Labute approximate surface area is 102 Å². The van der Waals surface area contributed by atoms with Gasteiger partial charge in [0.05, 0.1) is 25.4 Å². The average molecular weight is 242 g/mol. The lowest BCUT2D eigenvalue weighted by molar-refractivity contribution is -0.0391. The van der Waals surface area contributed by atoms with Gasteiger partial charge in [-0.3, -0.25) is 0 Å². The van der Waals surface area contributed by atoms with Crippen LogP contribution in [-0.4, -0.2) is 46.8 Å². The van der Waals surface area contributed by atoms with E-state index in [0.29, 0.717) is 12.0 Å². The van der Waals surface area contributed by atoms with Gasteiger partial charge in [-0.1, -0.05) is 25.2 Å². The summed E-state index contributed by atoms with van der Waals surface area (Å²) in [4.78, 5) is 0. The van der Waals surface area contributed by atoms with E-state index in [-0.39, 0.29) is 25.4 Å². The second-order valence-electron chi connectivity index (χ2n) is 4.24. The van der Waals surface area contributed by atoms with Crippen molar-refractivity contribution in [2.24, 2.45) is 0 Å². The normalized spacial score (nSPS) is 27.9. The molecule has 0 radical (unpaired) electrons. The van der Waals surface area contributed by atoms with Crippen molar-refractivity contribution < 1.29 is 20.1 Å². The summed E-state index contributed by atoms with van der Waals surface area (Å²) in [6.07, 6.45) is 6.59. The monoisotopic (exact) mass is 242 g/mol. The second-order valence-corrected chi connectivity index (χ2v) is 4.24. The highest BCUT2D eigenvalue weighted by Crippen LogP contribution is 2.24. The third kappa shape index (κ3) is 4.24. The average Bonchev–Trinajstić information content (AvgIpc) is 2.82. The molecule has 0 aliphatic carbocycles. The Balaban J connectivity index is 2.57. The van der Waals surface area contributed by atoms with Crippen molar-refractivity contribution in [3.8, 4) is 0 Å². The van der Waals surface area contributed by atoms with Gasteiger partial charge in [0, 0.05) is 0 Å². The molecule has 0 spiro atoms. The molecule has 3 N–H and O–H groups in total. The van der Waals surface area contributed by atoms with Gasteiger partial charge < -0.3 is 20.1 Å². The number of rotatable bonds is 6. The highest BCUT2D eigenvalue weighted by Gasteiger charge is 2.31. The maximum Gasteiger partial charge on any atom is 0.104 e. The molecule has 98 valence electrons. The number of hydrogen-bond donors (Lipinski definition) is 3. The third-order valence-corrected chi connectivity index (χ3v) is 2.94. The molecule has 0 unspecified atom stereocenters. The van der Waals surface area contributed by atoms with E-state index in [1.807, 2.05) is 19.1 Å². The van der Waals surface area contributed by atoms with Crippen LogP contribution in [0.15, 0.2) is 23.8 Å². The zero-order valence-electron chi connectivity index (χ0n) is 10.2. The fraction of sp³-hybridized carbons (Fsp3) is 0.692. The molecule has 0 amide bonds. The highest BCUT2D eigenvalue weighted by atomic mass is 16.5. The van der Waals surface area contributed by atoms with E-state index in [2.05, 4.69) is 0 Å². The Morgan fingerprint density at radius 1 is 1.41 bits per heavy atom. The summed E-state index contributed by atoms with van der Waals surface area (Å²) in [5.41, 5.74) is 0.554. The van der Waals surface area contributed by atoms with Crippen molar-refractivity contribution in [2.45, 2.75) is 44.5 Å². The molecule has 1 aliphatic rings. The molecule has 0 bridgehead atoms. The third-order valence-electron chi connectivity index (χ3n) is 2.94. The van der Waals surface area contributed by atoms with Crippen LogP contribution in [0.5, 0.6) is 0 Å². The van der Waals surface area contributed by atoms with Crippen LogP contribution >= 0.6 is 0 Å². The Morgan fingerprint density at radius 3 is 2.71 bits per heavy atom. The Kier molecular flexibility index (Phi) is 6.44. The standard InChI is InChI=1S/C13H22O4/c1-2-3-4-5-10(8-14)13(16)12-7-6-11(9-15)17-12/h3-5,11-16H,2,6-9H2,1H3/b4-3+,10-5+/t11-,12+,13-/m1/s1. The van der Waals surface area contributed by atoms with Crippen molar-refractivity contribution in [3.63, 3.8) is 0 Å². The largest absolute Gasteiger partial charge is 0.394 e. The Bertz CT molecular complexity index is 273. The molecule has 17 heavy (non-hydrogen) atoms. The summed E-state index contributed by atoms with van der Waals surface area (Å²) in [5, 5.41) is 28.2. The lowest BCUT2D eigenvalue weighted by atomic mass is 10.0. The molecular weight excluding hydrogens is 220 g/mol. The van der Waals surface area contributed by atoms with E-state index in [9.17, 15) is 10.2 Å². The molecule has 0 aromatic carbocycles. The van der Waals surface area contributed by atoms with Crippen molar-refractivity contribution in [1.29, 1.82) is 0 Å². The molecular formula is C13H22O4. The fourth-order valence-corrected chi connectivity index (χ4v) is 1.91. The van der Waals surface area contributed by atoms with Gasteiger partial charge in [0.15, 0.2) is 0 Å². The van der Waals surface area contributed by atoms with Crippen LogP contribution in [0.4, 0.5) is 0 Å². The van der Waals surface area contributed by atoms with Crippen LogP contribution in [-0.2, 0) is 4.74 Å². The molecule has 1 heterocycles. The topological polar surface area (TPSA) is 69.9 Å². The van der Waals surface area contributed by atoms with Gasteiger partial charge in [0.1, 0.15) is 6.10 Å². The number of aliphatic hydroxyl groups is 3. The number of aliphatic hydroxyl groups excluding tert-OH is 3. The molecule has 1 fully saturated rings. The van der Waals surface area contributed by atoms with E-state index in [1.54, 1.807) is 6.08 Å². The van der Waals surface area contributed by atoms with E-state index < -0.39 is 6.10 Å². The summed E-state index contributed by atoms with van der Waals surface area (Å²) in [6.45, 7) is 1.82. The second kappa shape index (κ2) is 7.61. The van der Waals surface area contributed by atoms with Crippen LogP contribution in [0, 0.1) is 0 Å². The maximum atomic E-state index is 10.1. The van der Waals surface area contributed by atoms with E-state index in [4.69, 9.17) is 9.84 Å². The lowest BCUT2D eigenvalue weighted by Gasteiger charge is -2.20. The minimum Gasteiger partial charge on any atom is -0.394 e. The van der Waals surface area contributed by atoms with Gasteiger partial charge in [0.25, 0.3) is 0 Å². The van der Waals surface area contributed by atoms with Crippen molar-refractivity contribution in [3.05, 3.63) is 23.8 Å². The highest BCUT2D eigenvalue weighted by molar-refractivity contribution is 5.18. The van der Waals surface area contributed by atoms with E-state index in [0.717, 1.165) is 12.8 Å². The predicted molar refractivity (Wildman–Crippen MR) is 65.6 cm³/mol. The lowest BCUT2D eigenvalue weighted by Crippen LogP contribution is -2.30. The molecule has 3 atom stereocenters. The summed E-state index contributed by atoms with van der Waals surface area (Å²) >= 11 is 0. The summed E-state index contributed by atoms with van der Waals surface area (Å²) < 4.78 is 5.49. The summed E-state index contributed by atoms with van der Waals surface area (Å²) in [7, 11) is 0. The van der Waals surface area contributed by atoms with Gasteiger partial charge in [-0.2, -0.15) is 0 Å². The molecule has 1 aliphatic heterocycles. The number of hydrogen-bond acceptors (Lipinski definition) is 4. The van der Waals surface area contributed by atoms with Crippen LogP contribution in [0.1, 0.15) is 26.2 Å². The molecule has 4 nitrogen and oxygen atoms in total. The SMILES string of the molecule is CC/C=C/C=C(\CO)[C@@H](O)[C@@H]1CC[C@H](CO)O1. The zero-order chi connectivity index (χ0) is 12.7. The first-order valence-electron chi connectivity index (χ1n) is 6.13. The van der Waals surface area contributed by atoms with Crippen LogP contribution in [0.25, 0.3) is 0 Å². The van der Waals surface area contributed by atoms with Gasteiger partial charge in [-0.15, -0.1) is 0 Å². The number of allylic oxidation sites excluding steroid dienone is 3. The Hall–Kier alpha value is -0.680. The fourth-order valence-electron chi connectivity index (χ4n) is 1.91. The van der Waals surface area contributed by atoms with E-state index in [1.165, 1.54) is 0 Å². The van der Waals surface area contributed by atoms with Crippen LogP contribution in [0.2, 0.25) is 0 Å². The zero-order valence-corrected chi connectivity index (χ0v) is 10.2. The molecule has 0 saturated carbocycles. The number of ether oxygens (including phenoxy) is 1. The molecule has 4 heteroatoms. The van der Waals surface area contributed by atoms with E-state index >= 15 is 0 Å². The van der Waals surface area contributed by atoms with Gasteiger partial charge >= 0.3 is 0 Å².